The Labute approximate surface area is 187 Å². The first kappa shape index (κ1) is 19.2. The van der Waals surface area contributed by atoms with Gasteiger partial charge in [0.15, 0.2) is 5.82 Å². The molecule has 2 aliphatic heterocycles. The van der Waals surface area contributed by atoms with Crippen LogP contribution in [0.15, 0.2) is 73.2 Å². The fourth-order valence-electron chi connectivity index (χ4n) is 4.64. The maximum Gasteiger partial charge on any atom is 0.159 e. The van der Waals surface area contributed by atoms with Gasteiger partial charge in [-0.15, -0.1) is 0 Å². The van der Waals surface area contributed by atoms with Crippen molar-refractivity contribution in [1.29, 1.82) is 0 Å². The second-order valence-electron chi connectivity index (χ2n) is 8.54. The molecule has 6 nitrogen and oxygen atoms in total. The lowest BCUT2D eigenvalue weighted by Gasteiger charge is -2.22. The van der Waals surface area contributed by atoms with Crippen LogP contribution in [0, 0.1) is 0 Å². The second-order valence-corrected chi connectivity index (χ2v) is 8.54. The molecule has 0 bridgehead atoms. The molecule has 2 aliphatic rings. The van der Waals surface area contributed by atoms with Gasteiger partial charge in [0, 0.05) is 47.5 Å². The molecule has 0 amide bonds. The van der Waals surface area contributed by atoms with Gasteiger partial charge in [0.2, 0.25) is 0 Å². The molecule has 0 unspecified atom stereocenters. The van der Waals surface area contributed by atoms with E-state index in [1.165, 1.54) is 42.5 Å². The molecule has 1 fully saturated rings. The number of hydrogen-bond donors (Lipinski definition) is 0. The van der Waals surface area contributed by atoms with Crippen molar-refractivity contribution in [3.05, 3.63) is 79.0 Å². The Bertz CT molecular complexity index is 1330. The van der Waals surface area contributed by atoms with Crippen LogP contribution >= 0.6 is 0 Å². The average molecular weight is 423 g/mol. The van der Waals surface area contributed by atoms with E-state index in [-0.39, 0.29) is 0 Å². The summed E-state index contributed by atoms with van der Waals surface area (Å²) in [6, 6.07) is 14.7. The number of benzene rings is 2. The van der Waals surface area contributed by atoms with Crippen LogP contribution in [0.4, 0.5) is 5.69 Å². The highest BCUT2D eigenvalue weighted by Crippen LogP contribution is 2.26. The monoisotopic (exact) mass is 422 g/mol. The van der Waals surface area contributed by atoms with Crippen LogP contribution < -0.4 is 4.90 Å². The summed E-state index contributed by atoms with van der Waals surface area (Å²) < 4.78 is 2.14. The molecular formula is C26H26N6. The number of hydrogen-bond acceptors (Lipinski definition) is 5. The van der Waals surface area contributed by atoms with Crippen molar-refractivity contribution in [2.45, 2.75) is 19.4 Å². The van der Waals surface area contributed by atoms with Crippen molar-refractivity contribution < 1.29 is 0 Å². The first-order valence-electron chi connectivity index (χ1n) is 11.4. The Morgan fingerprint density at radius 2 is 1.81 bits per heavy atom. The number of rotatable bonds is 5. The molecule has 1 saturated heterocycles. The minimum Gasteiger partial charge on any atom is -0.344 e. The summed E-state index contributed by atoms with van der Waals surface area (Å²) in [5.41, 5.74) is 4.40. The standard InChI is InChI=1S/C26H26N6/c1-2-6-24-21(5-1)18-27-26(29-24)20-9-13-31(14-10-20)23-7-8-25-22(17-23)19-28-32(25)16-15-30-11-3-4-12-30/h1-2,5-10,13,17-19H,3-4,11-12,14-16H2. The number of likely N-dealkylation sites (tertiary alicyclic amines) is 1. The molecule has 2 aromatic heterocycles. The minimum atomic E-state index is 0.773. The fourth-order valence-corrected chi connectivity index (χ4v) is 4.64. The number of para-hydroxylation sites is 1. The molecule has 32 heavy (non-hydrogen) atoms. The van der Waals surface area contributed by atoms with Gasteiger partial charge in [0.1, 0.15) is 0 Å². The molecule has 6 heteroatoms. The molecule has 0 aliphatic carbocycles. The van der Waals surface area contributed by atoms with Crippen molar-refractivity contribution in [3.8, 4) is 0 Å². The molecular weight excluding hydrogens is 396 g/mol. The maximum absolute atomic E-state index is 4.72. The Morgan fingerprint density at radius 1 is 0.906 bits per heavy atom. The fraction of sp³-hybridized carbons (Fsp3) is 0.269. The number of nitrogens with zero attached hydrogens (tertiary/aromatic N) is 6. The van der Waals surface area contributed by atoms with E-state index >= 15 is 0 Å². The van der Waals surface area contributed by atoms with Gasteiger partial charge in [-0.1, -0.05) is 24.3 Å². The first-order valence-corrected chi connectivity index (χ1v) is 11.4. The molecule has 0 radical (unpaired) electrons. The topological polar surface area (TPSA) is 50.1 Å². The summed E-state index contributed by atoms with van der Waals surface area (Å²) in [4.78, 5) is 14.0. The molecule has 0 atom stereocenters. The molecule has 4 aromatic rings. The molecule has 4 heterocycles. The van der Waals surface area contributed by atoms with Crippen LogP contribution in [0.1, 0.15) is 18.7 Å². The smallest absolute Gasteiger partial charge is 0.159 e. The normalized spacial score (nSPS) is 16.9. The highest BCUT2D eigenvalue weighted by Gasteiger charge is 2.14. The Kier molecular flexibility index (Phi) is 4.92. The summed E-state index contributed by atoms with van der Waals surface area (Å²) in [7, 11) is 0. The van der Waals surface area contributed by atoms with E-state index in [4.69, 9.17) is 4.98 Å². The molecule has 160 valence electrons. The number of aromatic nitrogens is 4. The zero-order valence-electron chi connectivity index (χ0n) is 18.1. The predicted octanol–water partition coefficient (Wildman–Crippen LogP) is 4.49. The van der Waals surface area contributed by atoms with Gasteiger partial charge in [0.25, 0.3) is 0 Å². The first-order chi connectivity index (χ1) is 15.8. The highest BCUT2D eigenvalue weighted by atomic mass is 15.3. The zero-order valence-corrected chi connectivity index (χ0v) is 18.1. The van der Waals surface area contributed by atoms with Crippen molar-refractivity contribution >= 4 is 33.1 Å². The third kappa shape index (κ3) is 3.67. The van der Waals surface area contributed by atoms with Gasteiger partial charge in [0.05, 0.1) is 23.8 Å². The van der Waals surface area contributed by atoms with E-state index in [9.17, 15) is 0 Å². The third-order valence-corrected chi connectivity index (χ3v) is 6.47. The lowest BCUT2D eigenvalue weighted by Crippen LogP contribution is -2.24. The van der Waals surface area contributed by atoms with E-state index in [0.717, 1.165) is 41.9 Å². The summed E-state index contributed by atoms with van der Waals surface area (Å²) in [5.74, 6) is 0.773. The quantitative estimate of drug-likeness (QED) is 0.474. The highest BCUT2D eigenvalue weighted by molar-refractivity contribution is 5.84. The van der Waals surface area contributed by atoms with Gasteiger partial charge in [-0.05, 0) is 56.3 Å². The Balaban J connectivity index is 1.17. The van der Waals surface area contributed by atoms with Gasteiger partial charge < -0.3 is 9.80 Å². The maximum atomic E-state index is 4.72. The largest absolute Gasteiger partial charge is 0.344 e. The Hall–Kier alpha value is -3.51. The van der Waals surface area contributed by atoms with Crippen LogP contribution in [0.2, 0.25) is 0 Å². The number of fused-ring (bicyclic) bond motifs is 2. The summed E-state index contributed by atoms with van der Waals surface area (Å²) in [5, 5.41) is 6.89. The van der Waals surface area contributed by atoms with Gasteiger partial charge in [-0.3, -0.25) is 4.68 Å². The van der Waals surface area contributed by atoms with Crippen LogP contribution in [0.25, 0.3) is 27.4 Å². The van der Waals surface area contributed by atoms with E-state index < -0.39 is 0 Å². The summed E-state index contributed by atoms with van der Waals surface area (Å²) in [6.45, 7) is 5.27. The number of allylic oxidation sites excluding steroid dienone is 2. The van der Waals surface area contributed by atoms with Crippen LogP contribution in [-0.4, -0.2) is 50.8 Å². The molecule has 0 saturated carbocycles. The summed E-state index contributed by atoms with van der Waals surface area (Å²) in [6.07, 6.45) is 12.9. The SMILES string of the molecule is C1=CN(c2ccc3c(cnn3CCN3CCCC3)c2)CC=C1c1ncc2ccccc2n1. The van der Waals surface area contributed by atoms with Crippen LogP contribution in [-0.2, 0) is 6.54 Å². The predicted molar refractivity (Wildman–Crippen MR) is 129 cm³/mol. The van der Waals surface area contributed by atoms with Crippen LogP contribution in [0.3, 0.4) is 0 Å². The van der Waals surface area contributed by atoms with E-state index in [0.29, 0.717) is 0 Å². The molecule has 2 aromatic carbocycles. The zero-order chi connectivity index (χ0) is 21.3. The van der Waals surface area contributed by atoms with Crippen molar-refractivity contribution in [2.24, 2.45) is 0 Å². The van der Waals surface area contributed by atoms with Gasteiger partial charge in [-0.2, -0.15) is 5.10 Å². The van der Waals surface area contributed by atoms with Gasteiger partial charge >= 0.3 is 0 Å². The van der Waals surface area contributed by atoms with Crippen molar-refractivity contribution in [1.82, 2.24) is 24.6 Å². The van der Waals surface area contributed by atoms with E-state index in [1.807, 2.05) is 36.7 Å². The third-order valence-electron chi connectivity index (χ3n) is 6.47. The Morgan fingerprint density at radius 3 is 2.69 bits per heavy atom. The lowest BCUT2D eigenvalue weighted by molar-refractivity contribution is 0.318. The molecule has 0 spiro atoms. The molecule has 6 rings (SSSR count). The van der Waals surface area contributed by atoms with E-state index in [1.54, 1.807) is 0 Å². The second kappa shape index (κ2) is 8.20. The minimum absolute atomic E-state index is 0.773. The molecule has 0 N–H and O–H groups in total. The van der Waals surface area contributed by atoms with Crippen LogP contribution in [0.5, 0.6) is 0 Å². The lowest BCUT2D eigenvalue weighted by atomic mass is 10.1. The van der Waals surface area contributed by atoms with E-state index in [2.05, 4.69) is 61.1 Å². The van der Waals surface area contributed by atoms with Crippen molar-refractivity contribution in [2.75, 3.05) is 31.1 Å². The average Bonchev–Trinajstić information content (AvgIpc) is 3.52. The summed E-state index contributed by atoms with van der Waals surface area (Å²) >= 11 is 0. The number of anilines is 1. The van der Waals surface area contributed by atoms with Gasteiger partial charge in [-0.25, -0.2) is 9.97 Å². The van der Waals surface area contributed by atoms with Crippen molar-refractivity contribution in [3.63, 3.8) is 0 Å².